The summed E-state index contributed by atoms with van der Waals surface area (Å²) in [7, 11) is 0. The first-order valence-electron chi connectivity index (χ1n) is 11.3. The summed E-state index contributed by atoms with van der Waals surface area (Å²) in [6, 6.07) is 12.6. The lowest BCUT2D eigenvalue weighted by atomic mass is 9.82. The molecule has 35 heavy (non-hydrogen) atoms. The van der Waals surface area contributed by atoms with Gasteiger partial charge in [0.25, 0.3) is 0 Å². The zero-order valence-electron chi connectivity index (χ0n) is 19.0. The minimum Gasteiger partial charge on any atom is -0.402 e. The van der Waals surface area contributed by atoms with E-state index in [0.717, 1.165) is 24.1 Å². The lowest BCUT2D eigenvalue weighted by Crippen LogP contribution is -2.41. The Hall–Kier alpha value is -3.76. The molecule has 1 saturated heterocycles. The van der Waals surface area contributed by atoms with E-state index in [2.05, 4.69) is 20.1 Å². The molecule has 0 saturated carbocycles. The third-order valence-corrected chi connectivity index (χ3v) is 6.81. The van der Waals surface area contributed by atoms with E-state index in [1.807, 2.05) is 52.9 Å². The molecule has 1 aromatic carbocycles. The van der Waals surface area contributed by atoms with Gasteiger partial charge in [-0.2, -0.15) is 5.10 Å². The number of nitrogens with zero attached hydrogens (tertiary/aromatic N) is 4. The van der Waals surface area contributed by atoms with Crippen LogP contribution in [0.3, 0.4) is 0 Å². The van der Waals surface area contributed by atoms with Crippen LogP contribution in [-0.4, -0.2) is 45.1 Å². The van der Waals surface area contributed by atoms with E-state index in [0.29, 0.717) is 30.9 Å². The van der Waals surface area contributed by atoms with Crippen LogP contribution in [0, 0.1) is 0 Å². The monoisotopic (exact) mass is 486 g/mol. The second kappa shape index (κ2) is 8.47. The average molecular weight is 486 g/mol. The van der Waals surface area contributed by atoms with Gasteiger partial charge in [0.15, 0.2) is 11.6 Å². The van der Waals surface area contributed by atoms with Crippen molar-refractivity contribution < 1.29 is 22.7 Å². The number of rotatable bonds is 4. The fourth-order valence-electron chi connectivity index (χ4n) is 4.97. The number of urea groups is 1. The number of alkyl halides is 3. The largest absolute Gasteiger partial charge is 0.573 e. The number of nitrogen functional groups attached to an aromatic ring is 1. The number of carbonyl (C=O) groups excluding carboxylic acids is 1. The normalized spacial score (nSPS) is 20.2. The van der Waals surface area contributed by atoms with Gasteiger partial charge in [-0.3, -0.25) is 4.68 Å². The summed E-state index contributed by atoms with van der Waals surface area (Å²) >= 11 is 0. The summed E-state index contributed by atoms with van der Waals surface area (Å²) < 4.78 is 44.0. The predicted octanol–water partition coefficient (Wildman–Crippen LogP) is 4.24. The third kappa shape index (κ3) is 4.50. The zero-order valence-corrected chi connectivity index (χ0v) is 19.0. The lowest BCUT2D eigenvalue weighted by Gasteiger charge is -2.25. The predicted molar refractivity (Wildman–Crippen MR) is 122 cm³/mol. The van der Waals surface area contributed by atoms with Crippen molar-refractivity contribution in [3.8, 4) is 17.0 Å². The number of fused-ring (bicyclic) bond motifs is 2. The Morgan fingerprint density at radius 2 is 1.94 bits per heavy atom. The summed E-state index contributed by atoms with van der Waals surface area (Å²) in [4.78, 5) is 18.6. The average Bonchev–Trinajstić information content (AvgIpc) is 3.52. The number of anilines is 1. The molecule has 11 heteroatoms. The molecule has 3 aromatic rings. The molecule has 1 spiro atoms. The quantitative estimate of drug-likeness (QED) is 0.575. The van der Waals surface area contributed by atoms with Gasteiger partial charge in [-0.25, -0.2) is 9.78 Å². The van der Waals surface area contributed by atoms with Gasteiger partial charge in [0, 0.05) is 42.5 Å². The highest BCUT2D eigenvalue weighted by molar-refractivity contribution is 5.75. The molecule has 2 amide bonds. The molecule has 8 nitrogen and oxygen atoms in total. The van der Waals surface area contributed by atoms with E-state index in [1.165, 1.54) is 12.3 Å². The van der Waals surface area contributed by atoms with Crippen molar-refractivity contribution in [1.82, 2.24) is 25.0 Å². The molecule has 2 aliphatic rings. The SMILES string of the molecule is C[C@@H](NC(=O)N1CCC2(CCn3nc(-c4cnc(N)c(OC(F)(F)F)c4)cc32)C1)c1ccccc1. The fourth-order valence-corrected chi connectivity index (χ4v) is 4.97. The van der Waals surface area contributed by atoms with Crippen LogP contribution in [0.15, 0.2) is 48.7 Å². The Morgan fingerprint density at radius 3 is 2.69 bits per heavy atom. The van der Waals surface area contributed by atoms with Crippen molar-refractivity contribution in [1.29, 1.82) is 0 Å². The van der Waals surface area contributed by atoms with Crippen LogP contribution in [0.5, 0.6) is 5.75 Å². The summed E-state index contributed by atoms with van der Waals surface area (Å²) in [5, 5.41) is 7.65. The van der Waals surface area contributed by atoms with Crippen LogP contribution in [-0.2, 0) is 12.0 Å². The molecule has 4 heterocycles. The van der Waals surface area contributed by atoms with Gasteiger partial charge in [-0.05, 0) is 37.5 Å². The summed E-state index contributed by atoms with van der Waals surface area (Å²) in [6.07, 6.45) is -1.87. The third-order valence-electron chi connectivity index (χ3n) is 6.81. The number of nitrogens with one attached hydrogen (secondary N) is 1. The maximum Gasteiger partial charge on any atom is 0.573 e. The molecule has 0 bridgehead atoms. The highest BCUT2D eigenvalue weighted by Gasteiger charge is 2.47. The minimum absolute atomic E-state index is 0.118. The number of nitrogens with two attached hydrogens (primary N) is 1. The maximum absolute atomic E-state index is 13.0. The first kappa shape index (κ1) is 23.0. The van der Waals surface area contributed by atoms with Crippen LogP contribution in [0.2, 0.25) is 0 Å². The van der Waals surface area contributed by atoms with Crippen molar-refractivity contribution in [3.63, 3.8) is 0 Å². The Labute approximate surface area is 199 Å². The second-order valence-corrected chi connectivity index (χ2v) is 9.08. The molecule has 1 unspecified atom stereocenters. The number of hydrogen-bond acceptors (Lipinski definition) is 5. The van der Waals surface area contributed by atoms with Gasteiger partial charge in [0.1, 0.15) is 0 Å². The number of amides is 2. The number of hydrogen-bond donors (Lipinski definition) is 2. The van der Waals surface area contributed by atoms with E-state index in [1.54, 1.807) is 0 Å². The Balaban J connectivity index is 1.32. The number of aryl methyl sites for hydroxylation is 1. The minimum atomic E-state index is -4.87. The molecule has 2 atom stereocenters. The van der Waals surface area contributed by atoms with Gasteiger partial charge in [-0.1, -0.05) is 30.3 Å². The van der Waals surface area contributed by atoms with Crippen LogP contribution >= 0.6 is 0 Å². The van der Waals surface area contributed by atoms with Crippen molar-refractivity contribution in [2.45, 2.75) is 44.1 Å². The molecule has 5 rings (SSSR count). The van der Waals surface area contributed by atoms with E-state index in [4.69, 9.17) is 5.73 Å². The highest BCUT2D eigenvalue weighted by atomic mass is 19.4. The topological polar surface area (TPSA) is 98.3 Å². The van der Waals surface area contributed by atoms with Gasteiger partial charge >= 0.3 is 12.4 Å². The Kier molecular flexibility index (Phi) is 5.57. The molecule has 3 N–H and O–H groups in total. The molecular weight excluding hydrogens is 461 g/mol. The number of benzene rings is 1. The maximum atomic E-state index is 13.0. The first-order valence-corrected chi connectivity index (χ1v) is 11.3. The second-order valence-electron chi connectivity index (χ2n) is 9.08. The highest BCUT2D eigenvalue weighted by Crippen LogP contribution is 2.44. The van der Waals surface area contributed by atoms with Crippen LogP contribution < -0.4 is 15.8 Å². The van der Waals surface area contributed by atoms with Gasteiger partial charge < -0.3 is 20.7 Å². The summed E-state index contributed by atoms with van der Waals surface area (Å²) in [6.45, 7) is 3.78. The number of pyridine rings is 1. The van der Waals surface area contributed by atoms with Crippen LogP contribution in [0.25, 0.3) is 11.3 Å². The van der Waals surface area contributed by atoms with E-state index in [-0.39, 0.29) is 23.3 Å². The molecule has 2 aromatic heterocycles. The Morgan fingerprint density at radius 1 is 1.20 bits per heavy atom. The lowest BCUT2D eigenvalue weighted by molar-refractivity contribution is -0.274. The van der Waals surface area contributed by atoms with Crippen molar-refractivity contribution in [2.75, 3.05) is 18.8 Å². The van der Waals surface area contributed by atoms with Crippen molar-refractivity contribution in [2.24, 2.45) is 0 Å². The number of likely N-dealkylation sites (tertiary alicyclic amines) is 1. The van der Waals surface area contributed by atoms with Gasteiger partial charge in [0.05, 0.1) is 11.7 Å². The van der Waals surface area contributed by atoms with E-state index < -0.39 is 12.1 Å². The molecule has 1 fully saturated rings. The number of ether oxygens (including phenoxy) is 1. The van der Waals surface area contributed by atoms with Crippen molar-refractivity contribution >= 4 is 11.8 Å². The first-order chi connectivity index (χ1) is 16.6. The van der Waals surface area contributed by atoms with Gasteiger partial charge in [0.2, 0.25) is 0 Å². The van der Waals surface area contributed by atoms with E-state index in [9.17, 15) is 18.0 Å². The molecule has 0 aliphatic carbocycles. The van der Waals surface area contributed by atoms with E-state index >= 15 is 0 Å². The molecule has 2 aliphatic heterocycles. The Bertz CT molecular complexity index is 1250. The number of aromatic nitrogens is 3. The molecular formula is C24H25F3N6O2. The smallest absolute Gasteiger partial charge is 0.402 e. The zero-order chi connectivity index (χ0) is 24.8. The van der Waals surface area contributed by atoms with Crippen LogP contribution in [0.1, 0.15) is 37.1 Å². The van der Waals surface area contributed by atoms with Gasteiger partial charge in [-0.15, -0.1) is 13.2 Å². The summed E-state index contributed by atoms with van der Waals surface area (Å²) in [5.41, 5.74) is 8.17. The van der Waals surface area contributed by atoms with Crippen molar-refractivity contribution in [3.05, 3.63) is 59.9 Å². The number of halogens is 3. The molecule has 184 valence electrons. The summed E-state index contributed by atoms with van der Waals surface area (Å²) in [5.74, 6) is -0.911. The van der Waals surface area contributed by atoms with Crippen LogP contribution in [0.4, 0.5) is 23.8 Å². The number of carbonyl (C=O) groups is 1. The fraction of sp³-hybridized carbons (Fsp3) is 0.375. The standard InChI is InChI=1S/C24H25F3N6O2/c1-15(16-5-3-2-4-6-16)30-22(34)32-9-7-23(14-32)8-10-33-20(23)12-18(31-33)17-11-19(21(28)29-13-17)35-24(25,26)27/h2-6,11-13,15H,7-10,14H2,1H3,(H2,28,29)(H,30,34)/t15-,23?/m1/s1. The molecule has 0 radical (unpaired) electrons.